The van der Waals surface area contributed by atoms with E-state index in [2.05, 4.69) is 10.3 Å². The largest absolute Gasteiger partial charge is 0.368 e. The predicted molar refractivity (Wildman–Crippen MR) is 51.8 cm³/mol. The quantitative estimate of drug-likeness (QED) is 0.801. The van der Waals surface area contributed by atoms with E-state index < -0.39 is 11.9 Å². The lowest BCUT2D eigenvalue weighted by atomic mass is 10.2. The van der Waals surface area contributed by atoms with Gasteiger partial charge in [-0.2, -0.15) is 0 Å². The standard InChI is InChI=1S/C10H11FN2O2/c11-7-3-4-9(12-6-7)13-10(14)8-2-1-5-15-8/h3-4,6,8H,1-2,5H2,(H,12,13,14). The number of anilines is 1. The van der Waals surface area contributed by atoms with Gasteiger partial charge in [0, 0.05) is 6.61 Å². The summed E-state index contributed by atoms with van der Waals surface area (Å²) < 4.78 is 17.7. The first-order chi connectivity index (χ1) is 7.25. The molecule has 0 radical (unpaired) electrons. The van der Waals surface area contributed by atoms with Crippen molar-refractivity contribution < 1.29 is 13.9 Å². The minimum atomic E-state index is -0.426. The maximum absolute atomic E-state index is 12.5. The van der Waals surface area contributed by atoms with E-state index in [0.29, 0.717) is 12.4 Å². The average Bonchev–Trinajstić information content (AvgIpc) is 2.74. The molecule has 0 aromatic carbocycles. The molecule has 1 N–H and O–H groups in total. The van der Waals surface area contributed by atoms with E-state index in [1.165, 1.54) is 12.1 Å². The number of nitrogens with one attached hydrogen (secondary N) is 1. The summed E-state index contributed by atoms with van der Waals surface area (Å²) in [6.07, 6.45) is 2.30. The zero-order chi connectivity index (χ0) is 10.7. The Morgan fingerprint density at radius 3 is 3.07 bits per heavy atom. The van der Waals surface area contributed by atoms with E-state index in [0.717, 1.165) is 19.0 Å². The average molecular weight is 210 g/mol. The first-order valence-electron chi connectivity index (χ1n) is 4.80. The summed E-state index contributed by atoms with van der Waals surface area (Å²) in [6, 6.07) is 2.67. The van der Waals surface area contributed by atoms with E-state index in [-0.39, 0.29) is 5.91 Å². The second-order valence-corrected chi connectivity index (χ2v) is 3.35. The van der Waals surface area contributed by atoms with Crippen LogP contribution in [-0.4, -0.2) is 23.6 Å². The van der Waals surface area contributed by atoms with Gasteiger partial charge in [-0.3, -0.25) is 4.79 Å². The number of nitrogens with zero attached hydrogens (tertiary/aromatic N) is 1. The van der Waals surface area contributed by atoms with Crippen LogP contribution in [0.4, 0.5) is 10.2 Å². The molecule has 1 saturated heterocycles. The third-order valence-corrected chi connectivity index (χ3v) is 2.20. The molecule has 2 heterocycles. The van der Waals surface area contributed by atoms with E-state index in [1.807, 2.05) is 0 Å². The number of carbonyl (C=O) groups is 1. The lowest BCUT2D eigenvalue weighted by Crippen LogP contribution is -2.27. The molecule has 80 valence electrons. The molecule has 1 unspecified atom stereocenters. The van der Waals surface area contributed by atoms with Gasteiger partial charge in [-0.15, -0.1) is 0 Å². The normalized spacial score (nSPS) is 20.2. The molecule has 1 aliphatic rings. The van der Waals surface area contributed by atoms with Crippen LogP contribution in [0.2, 0.25) is 0 Å². The molecule has 0 aliphatic carbocycles. The van der Waals surface area contributed by atoms with Gasteiger partial charge in [0.1, 0.15) is 17.7 Å². The number of hydrogen-bond acceptors (Lipinski definition) is 3. The Balaban J connectivity index is 1.96. The fraction of sp³-hybridized carbons (Fsp3) is 0.400. The maximum Gasteiger partial charge on any atom is 0.254 e. The van der Waals surface area contributed by atoms with E-state index >= 15 is 0 Å². The summed E-state index contributed by atoms with van der Waals surface area (Å²) in [7, 11) is 0. The summed E-state index contributed by atoms with van der Waals surface area (Å²) in [5.41, 5.74) is 0. The van der Waals surface area contributed by atoms with Crippen molar-refractivity contribution >= 4 is 11.7 Å². The third kappa shape index (κ3) is 2.50. The highest BCUT2D eigenvalue weighted by molar-refractivity contribution is 5.93. The molecule has 0 saturated carbocycles. The molecule has 1 amide bonds. The fourth-order valence-corrected chi connectivity index (χ4v) is 1.44. The number of pyridine rings is 1. The van der Waals surface area contributed by atoms with Gasteiger partial charge in [-0.05, 0) is 25.0 Å². The van der Waals surface area contributed by atoms with Crippen LogP contribution in [0, 0.1) is 5.82 Å². The number of amides is 1. The van der Waals surface area contributed by atoms with Crippen molar-refractivity contribution in [1.29, 1.82) is 0 Å². The Morgan fingerprint density at radius 2 is 2.47 bits per heavy atom. The van der Waals surface area contributed by atoms with Gasteiger partial charge in [0.2, 0.25) is 0 Å². The zero-order valence-corrected chi connectivity index (χ0v) is 8.07. The molecule has 1 aliphatic heterocycles. The Labute approximate surface area is 86.5 Å². The predicted octanol–water partition coefficient (Wildman–Crippen LogP) is 1.34. The van der Waals surface area contributed by atoms with Crippen molar-refractivity contribution in [2.24, 2.45) is 0 Å². The molecule has 1 atom stereocenters. The van der Waals surface area contributed by atoms with Crippen molar-refractivity contribution in [3.8, 4) is 0 Å². The van der Waals surface area contributed by atoms with Gasteiger partial charge < -0.3 is 10.1 Å². The topological polar surface area (TPSA) is 51.2 Å². The number of aromatic nitrogens is 1. The van der Waals surface area contributed by atoms with Crippen LogP contribution in [0.15, 0.2) is 18.3 Å². The minimum absolute atomic E-state index is 0.216. The molecule has 15 heavy (non-hydrogen) atoms. The van der Waals surface area contributed by atoms with Crippen LogP contribution in [0.3, 0.4) is 0 Å². The zero-order valence-electron chi connectivity index (χ0n) is 8.07. The van der Waals surface area contributed by atoms with Gasteiger partial charge in [0.15, 0.2) is 0 Å². The van der Waals surface area contributed by atoms with Crippen molar-refractivity contribution in [1.82, 2.24) is 4.98 Å². The number of rotatable bonds is 2. The highest BCUT2D eigenvalue weighted by Gasteiger charge is 2.23. The number of carbonyl (C=O) groups excluding carboxylic acids is 1. The highest BCUT2D eigenvalue weighted by atomic mass is 19.1. The molecule has 2 rings (SSSR count). The molecule has 0 bridgehead atoms. The van der Waals surface area contributed by atoms with Gasteiger partial charge in [0.05, 0.1) is 6.20 Å². The van der Waals surface area contributed by atoms with Crippen LogP contribution in [0.5, 0.6) is 0 Å². The van der Waals surface area contributed by atoms with Crippen LogP contribution in [0.25, 0.3) is 0 Å². The van der Waals surface area contributed by atoms with E-state index in [1.54, 1.807) is 0 Å². The minimum Gasteiger partial charge on any atom is -0.368 e. The van der Waals surface area contributed by atoms with Crippen LogP contribution in [0.1, 0.15) is 12.8 Å². The van der Waals surface area contributed by atoms with Crippen LogP contribution in [-0.2, 0) is 9.53 Å². The second kappa shape index (κ2) is 4.35. The van der Waals surface area contributed by atoms with Crippen molar-refractivity contribution in [3.63, 3.8) is 0 Å². The van der Waals surface area contributed by atoms with Gasteiger partial charge in [-0.1, -0.05) is 0 Å². The smallest absolute Gasteiger partial charge is 0.254 e. The fourth-order valence-electron chi connectivity index (χ4n) is 1.44. The van der Waals surface area contributed by atoms with Gasteiger partial charge in [-0.25, -0.2) is 9.37 Å². The first-order valence-corrected chi connectivity index (χ1v) is 4.80. The first kappa shape index (κ1) is 10.0. The summed E-state index contributed by atoms with van der Waals surface area (Å²) >= 11 is 0. The Hall–Kier alpha value is -1.49. The molecule has 5 heteroatoms. The van der Waals surface area contributed by atoms with Gasteiger partial charge >= 0.3 is 0 Å². The number of hydrogen-bond donors (Lipinski definition) is 1. The van der Waals surface area contributed by atoms with Crippen molar-refractivity contribution in [2.45, 2.75) is 18.9 Å². The molecule has 4 nitrogen and oxygen atoms in total. The van der Waals surface area contributed by atoms with Crippen molar-refractivity contribution in [3.05, 3.63) is 24.1 Å². The molecule has 1 fully saturated rings. The molecular formula is C10H11FN2O2. The summed E-state index contributed by atoms with van der Waals surface area (Å²) in [6.45, 7) is 0.620. The monoisotopic (exact) mass is 210 g/mol. The van der Waals surface area contributed by atoms with E-state index in [9.17, 15) is 9.18 Å². The lowest BCUT2D eigenvalue weighted by molar-refractivity contribution is -0.124. The van der Waals surface area contributed by atoms with Crippen LogP contribution < -0.4 is 5.32 Å². The summed E-state index contributed by atoms with van der Waals surface area (Å²) in [5.74, 6) is -0.298. The Bertz CT molecular complexity index is 347. The molecule has 0 spiro atoms. The summed E-state index contributed by atoms with van der Waals surface area (Å²) in [4.78, 5) is 15.3. The second-order valence-electron chi connectivity index (χ2n) is 3.35. The molecule has 1 aromatic rings. The highest BCUT2D eigenvalue weighted by Crippen LogP contribution is 2.14. The lowest BCUT2D eigenvalue weighted by Gasteiger charge is -2.09. The SMILES string of the molecule is O=C(Nc1ccc(F)cn1)C1CCCO1. The Kier molecular flexibility index (Phi) is 2.91. The number of ether oxygens (including phenoxy) is 1. The Morgan fingerprint density at radius 1 is 1.60 bits per heavy atom. The molecule has 1 aromatic heterocycles. The van der Waals surface area contributed by atoms with E-state index in [4.69, 9.17) is 4.74 Å². The van der Waals surface area contributed by atoms with Gasteiger partial charge in [0.25, 0.3) is 5.91 Å². The van der Waals surface area contributed by atoms with Crippen molar-refractivity contribution in [2.75, 3.05) is 11.9 Å². The molecular weight excluding hydrogens is 199 g/mol. The summed E-state index contributed by atoms with van der Waals surface area (Å²) in [5, 5.41) is 2.57. The van der Waals surface area contributed by atoms with Crippen LogP contribution >= 0.6 is 0 Å². The number of halogens is 1. The third-order valence-electron chi connectivity index (χ3n) is 2.20. The maximum atomic E-state index is 12.5.